The number of fused-ring (bicyclic) bond motifs is 13. The van der Waals surface area contributed by atoms with Crippen molar-refractivity contribution in [3.8, 4) is 0 Å². The van der Waals surface area contributed by atoms with Gasteiger partial charge in [0, 0.05) is 54.1 Å². The van der Waals surface area contributed by atoms with Crippen molar-refractivity contribution in [1.82, 2.24) is 18.9 Å². The van der Waals surface area contributed by atoms with E-state index in [2.05, 4.69) is 9.47 Å². The molecule has 10 nitrogen and oxygen atoms in total. The molecule has 6 heterocycles. The first-order chi connectivity index (χ1) is 20.4. The van der Waals surface area contributed by atoms with Gasteiger partial charge in [0.05, 0.1) is 52.5 Å². The Morgan fingerprint density at radius 3 is 2.19 bits per heavy atom. The maximum atomic E-state index is 14.4. The highest BCUT2D eigenvalue weighted by Gasteiger charge is 2.53. The Morgan fingerprint density at radius 2 is 1.48 bits per heavy atom. The molecule has 0 spiro atoms. The Hall–Kier alpha value is -3.80. The van der Waals surface area contributed by atoms with Crippen LogP contribution in [-0.2, 0) is 15.2 Å². The number of imide groups is 1. The lowest BCUT2D eigenvalue weighted by Crippen LogP contribution is -2.55. The predicted octanol–water partition coefficient (Wildman–Crippen LogP) is 3.16. The highest BCUT2D eigenvalue weighted by Crippen LogP contribution is 2.53. The van der Waals surface area contributed by atoms with Crippen LogP contribution >= 0.6 is 0 Å². The molecule has 2 bridgehead atoms. The number of nitrogens with zero attached hydrogens (tertiary/aromatic N) is 4. The van der Waals surface area contributed by atoms with E-state index >= 15 is 0 Å². The van der Waals surface area contributed by atoms with Gasteiger partial charge in [-0.05, 0) is 19.1 Å². The molecule has 2 fully saturated rings. The lowest BCUT2D eigenvalue weighted by molar-refractivity contribution is -0.272. The SMILES string of the molecule is CC12OC(CC(O)C1O)n1c3ccccc3c3c4c(c5c6ccccc6n2c5c31)C(=O)N(CCN1CCOCC1)C4=O. The molecule has 0 radical (unpaired) electrons. The summed E-state index contributed by atoms with van der Waals surface area (Å²) in [6.07, 6.45) is -2.67. The number of ether oxygens (including phenoxy) is 2. The average molecular weight is 567 g/mol. The number of aliphatic hydroxyl groups is 2. The second-order valence-corrected chi connectivity index (χ2v) is 12.0. The average Bonchev–Trinajstić information content (AvgIpc) is 3.58. The number of aliphatic hydroxyl groups excluding tert-OH is 2. The van der Waals surface area contributed by atoms with E-state index in [1.165, 1.54) is 4.90 Å². The lowest BCUT2D eigenvalue weighted by atomic mass is 9.95. The molecule has 2 saturated heterocycles. The molecule has 2 aromatic heterocycles. The Bertz CT molecular complexity index is 2000. The molecular weight excluding hydrogens is 536 g/mol. The van der Waals surface area contributed by atoms with Crippen LogP contribution in [0, 0.1) is 0 Å². The van der Waals surface area contributed by atoms with E-state index < -0.39 is 24.2 Å². The topological polar surface area (TPSA) is 109 Å². The largest absolute Gasteiger partial charge is 0.390 e. The van der Waals surface area contributed by atoms with Gasteiger partial charge >= 0.3 is 0 Å². The molecule has 4 aliphatic heterocycles. The van der Waals surface area contributed by atoms with Crippen molar-refractivity contribution in [2.45, 2.75) is 37.5 Å². The van der Waals surface area contributed by atoms with E-state index in [0.717, 1.165) is 45.9 Å². The minimum absolute atomic E-state index is 0.185. The Kier molecular flexibility index (Phi) is 4.95. The molecule has 4 atom stereocenters. The second-order valence-electron chi connectivity index (χ2n) is 12.0. The highest BCUT2D eigenvalue weighted by atomic mass is 16.6. The number of benzene rings is 3. The Labute approximate surface area is 240 Å². The summed E-state index contributed by atoms with van der Waals surface area (Å²) in [5.74, 6) is -0.590. The molecule has 0 saturated carbocycles. The Balaban J connectivity index is 1.42. The van der Waals surface area contributed by atoms with Gasteiger partial charge in [0.1, 0.15) is 12.3 Å². The fourth-order valence-electron chi connectivity index (χ4n) is 7.96. The molecule has 10 heteroatoms. The smallest absolute Gasteiger partial charge is 0.262 e. The third kappa shape index (κ3) is 2.91. The number of morpholine rings is 1. The monoisotopic (exact) mass is 566 g/mol. The summed E-state index contributed by atoms with van der Waals surface area (Å²) < 4.78 is 16.2. The maximum absolute atomic E-state index is 14.4. The van der Waals surface area contributed by atoms with E-state index in [1.807, 2.05) is 53.1 Å². The predicted molar refractivity (Wildman–Crippen MR) is 155 cm³/mol. The normalized spacial score (nSPS) is 27.7. The van der Waals surface area contributed by atoms with Gasteiger partial charge in [-0.1, -0.05) is 36.4 Å². The summed E-state index contributed by atoms with van der Waals surface area (Å²) in [5, 5.41) is 25.7. The molecular formula is C32H30N4O6. The van der Waals surface area contributed by atoms with Crippen LogP contribution in [0.15, 0.2) is 48.5 Å². The first kappa shape index (κ1) is 24.8. The van der Waals surface area contributed by atoms with Crippen molar-refractivity contribution in [1.29, 1.82) is 0 Å². The van der Waals surface area contributed by atoms with Crippen molar-refractivity contribution in [2.24, 2.45) is 0 Å². The van der Waals surface area contributed by atoms with Gasteiger partial charge in [-0.15, -0.1) is 0 Å². The van der Waals surface area contributed by atoms with Crippen molar-refractivity contribution < 1.29 is 29.3 Å². The van der Waals surface area contributed by atoms with Gasteiger partial charge in [0.2, 0.25) is 0 Å². The number of hydrogen-bond donors (Lipinski definition) is 2. The van der Waals surface area contributed by atoms with Gasteiger partial charge in [0.25, 0.3) is 11.8 Å². The molecule has 2 amide bonds. The zero-order chi connectivity index (χ0) is 28.5. The molecule has 9 rings (SSSR count). The molecule has 4 aliphatic rings. The molecule has 5 aromatic rings. The maximum Gasteiger partial charge on any atom is 0.262 e. The first-order valence-corrected chi connectivity index (χ1v) is 14.6. The number of aromatic nitrogens is 2. The van der Waals surface area contributed by atoms with Crippen molar-refractivity contribution in [3.05, 3.63) is 59.7 Å². The first-order valence-electron chi connectivity index (χ1n) is 14.6. The number of carbonyl (C=O) groups excluding carboxylic acids is 2. The van der Waals surface area contributed by atoms with Crippen molar-refractivity contribution in [2.75, 3.05) is 39.4 Å². The quantitative estimate of drug-likeness (QED) is 0.323. The van der Waals surface area contributed by atoms with Crippen LogP contribution in [0.25, 0.3) is 43.6 Å². The molecule has 3 aromatic carbocycles. The zero-order valence-electron chi connectivity index (χ0n) is 23.1. The van der Waals surface area contributed by atoms with Gasteiger partial charge in [-0.2, -0.15) is 0 Å². The number of para-hydroxylation sites is 2. The molecule has 214 valence electrons. The lowest BCUT2D eigenvalue weighted by Gasteiger charge is -2.45. The van der Waals surface area contributed by atoms with Crippen LogP contribution in [-0.4, -0.2) is 92.6 Å². The van der Waals surface area contributed by atoms with Crippen molar-refractivity contribution >= 4 is 55.4 Å². The van der Waals surface area contributed by atoms with Crippen LogP contribution in [0.3, 0.4) is 0 Å². The van der Waals surface area contributed by atoms with E-state index in [4.69, 9.17) is 9.47 Å². The third-order valence-electron chi connectivity index (χ3n) is 9.88. The molecule has 0 aliphatic carbocycles. The fourth-order valence-corrected chi connectivity index (χ4v) is 7.96. The van der Waals surface area contributed by atoms with Gasteiger partial charge in [-0.25, -0.2) is 0 Å². The van der Waals surface area contributed by atoms with E-state index in [-0.39, 0.29) is 18.2 Å². The number of rotatable bonds is 3. The van der Waals surface area contributed by atoms with Crippen molar-refractivity contribution in [3.63, 3.8) is 0 Å². The minimum Gasteiger partial charge on any atom is -0.390 e. The zero-order valence-corrected chi connectivity index (χ0v) is 23.1. The summed E-state index contributed by atoms with van der Waals surface area (Å²) in [6, 6.07) is 15.6. The van der Waals surface area contributed by atoms with E-state index in [9.17, 15) is 19.8 Å². The summed E-state index contributed by atoms with van der Waals surface area (Å²) in [7, 11) is 0. The summed E-state index contributed by atoms with van der Waals surface area (Å²) in [6.45, 7) is 5.51. The minimum atomic E-state index is -1.33. The molecule has 2 N–H and O–H groups in total. The Morgan fingerprint density at radius 1 is 0.857 bits per heavy atom. The van der Waals surface area contributed by atoms with Crippen LogP contribution in [0.4, 0.5) is 0 Å². The summed E-state index contributed by atoms with van der Waals surface area (Å²) >= 11 is 0. The third-order valence-corrected chi connectivity index (χ3v) is 9.88. The summed E-state index contributed by atoms with van der Waals surface area (Å²) in [5.41, 5.74) is 2.63. The van der Waals surface area contributed by atoms with Crippen LogP contribution < -0.4 is 0 Å². The second kappa shape index (κ2) is 8.40. The fraction of sp³-hybridized carbons (Fsp3) is 0.375. The number of amides is 2. The van der Waals surface area contributed by atoms with E-state index in [0.29, 0.717) is 48.2 Å². The number of carbonyl (C=O) groups is 2. The van der Waals surface area contributed by atoms with Crippen LogP contribution in [0.1, 0.15) is 40.3 Å². The van der Waals surface area contributed by atoms with Crippen LogP contribution in [0.2, 0.25) is 0 Å². The van der Waals surface area contributed by atoms with Gasteiger partial charge in [0.15, 0.2) is 5.72 Å². The van der Waals surface area contributed by atoms with Gasteiger partial charge < -0.3 is 28.8 Å². The molecule has 42 heavy (non-hydrogen) atoms. The summed E-state index contributed by atoms with van der Waals surface area (Å²) in [4.78, 5) is 32.4. The van der Waals surface area contributed by atoms with Gasteiger partial charge in [-0.3, -0.25) is 19.4 Å². The molecule has 4 unspecified atom stereocenters. The van der Waals surface area contributed by atoms with Crippen LogP contribution in [0.5, 0.6) is 0 Å². The standard InChI is InChI=1S/C32H30N4O6/c1-32-29(38)21(37)16-22(42-32)35-19-8-4-2-6-17(19)23-25-26(24-18-7-3-5-9-20(18)36(32)28(24)27(23)35)31(40)34(30(25)39)11-10-33-12-14-41-15-13-33/h2-9,21-22,29,37-38H,10-16H2,1H3. The van der Waals surface area contributed by atoms with E-state index in [1.54, 1.807) is 6.92 Å². The highest BCUT2D eigenvalue weighted by molar-refractivity contribution is 6.39. The number of hydrogen-bond acceptors (Lipinski definition) is 7.